The predicted octanol–water partition coefficient (Wildman–Crippen LogP) is 2.56. The number of ether oxygens (including phenoxy) is 3. The third-order valence-corrected chi connectivity index (χ3v) is 3.36. The van der Waals surface area contributed by atoms with Crippen molar-refractivity contribution in [3.63, 3.8) is 0 Å². The molecule has 1 aromatic carbocycles. The number of rotatable bonds is 6. The number of nitrogens with one attached hydrogen (secondary N) is 1. The van der Waals surface area contributed by atoms with Crippen molar-refractivity contribution < 1.29 is 19.0 Å². The molecule has 0 aliphatic carbocycles. The van der Waals surface area contributed by atoms with Crippen LogP contribution in [0.2, 0.25) is 0 Å². The first-order valence-electron chi connectivity index (χ1n) is 6.27. The fourth-order valence-electron chi connectivity index (χ4n) is 1.92. The molecule has 0 fully saturated rings. The summed E-state index contributed by atoms with van der Waals surface area (Å²) in [7, 11) is 0. The maximum absolute atomic E-state index is 12.1. The summed E-state index contributed by atoms with van der Waals surface area (Å²) in [4.78, 5) is 12.1. The van der Waals surface area contributed by atoms with Gasteiger partial charge in [0.25, 0.3) is 0 Å². The molecular formula is C14H16BrNO4. The van der Waals surface area contributed by atoms with Gasteiger partial charge in [-0.15, -0.1) is 6.58 Å². The van der Waals surface area contributed by atoms with Crippen molar-refractivity contribution in [2.75, 3.05) is 19.9 Å². The Bertz CT molecular complexity index is 518. The molecule has 0 bridgehead atoms. The SMILES string of the molecule is C=CCNC(C(=O)OCC)c1cc(Br)c2c(c1)OCO2. The van der Waals surface area contributed by atoms with Crippen molar-refractivity contribution in [2.45, 2.75) is 13.0 Å². The van der Waals surface area contributed by atoms with Gasteiger partial charge < -0.3 is 14.2 Å². The maximum atomic E-state index is 12.1. The van der Waals surface area contributed by atoms with Crippen LogP contribution in [0.15, 0.2) is 29.3 Å². The predicted molar refractivity (Wildman–Crippen MR) is 77.8 cm³/mol. The van der Waals surface area contributed by atoms with Gasteiger partial charge in [0.05, 0.1) is 11.1 Å². The molecule has 1 aliphatic rings. The molecule has 2 rings (SSSR count). The van der Waals surface area contributed by atoms with Gasteiger partial charge in [-0.25, -0.2) is 4.79 Å². The number of carbonyl (C=O) groups excluding carboxylic acids is 1. The summed E-state index contributed by atoms with van der Waals surface area (Å²) in [5, 5.41) is 3.08. The molecule has 6 heteroatoms. The lowest BCUT2D eigenvalue weighted by Gasteiger charge is -2.17. The average molecular weight is 342 g/mol. The van der Waals surface area contributed by atoms with E-state index in [0.29, 0.717) is 24.7 Å². The third kappa shape index (κ3) is 3.13. The smallest absolute Gasteiger partial charge is 0.327 e. The third-order valence-electron chi connectivity index (χ3n) is 2.77. The zero-order chi connectivity index (χ0) is 14.5. The van der Waals surface area contributed by atoms with Gasteiger partial charge in [0.15, 0.2) is 11.5 Å². The molecule has 1 heterocycles. The van der Waals surface area contributed by atoms with Gasteiger partial charge in [0.1, 0.15) is 6.04 Å². The molecule has 0 amide bonds. The molecule has 1 aromatic rings. The molecule has 0 saturated carbocycles. The molecule has 1 atom stereocenters. The van der Waals surface area contributed by atoms with Crippen LogP contribution in [0.1, 0.15) is 18.5 Å². The van der Waals surface area contributed by atoms with Gasteiger partial charge in [0.2, 0.25) is 6.79 Å². The van der Waals surface area contributed by atoms with Gasteiger partial charge in [-0.3, -0.25) is 5.32 Å². The van der Waals surface area contributed by atoms with Crippen LogP contribution in [0.3, 0.4) is 0 Å². The van der Waals surface area contributed by atoms with E-state index >= 15 is 0 Å². The molecule has 0 saturated heterocycles. The van der Waals surface area contributed by atoms with E-state index in [1.54, 1.807) is 19.1 Å². The highest BCUT2D eigenvalue weighted by atomic mass is 79.9. The summed E-state index contributed by atoms with van der Waals surface area (Å²) in [6.45, 7) is 6.42. The van der Waals surface area contributed by atoms with Gasteiger partial charge >= 0.3 is 5.97 Å². The quantitative estimate of drug-likeness (QED) is 0.636. The summed E-state index contributed by atoms with van der Waals surface area (Å²) in [5.74, 6) is 0.935. The second-order valence-corrected chi connectivity index (χ2v) is 4.97. The fourth-order valence-corrected chi connectivity index (χ4v) is 2.49. The van der Waals surface area contributed by atoms with Crippen LogP contribution in [-0.2, 0) is 9.53 Å². The summed E-state index contributed by atoms with van der Waals surface area (Å²) < 4.78 is 16.5. The zero-order valence-corrected chi connectivity index (χ0v) is 12.7. The second-order valence-electron chi connectivity index (χ2n) is 4.12. The Morgan fingerprint density at radius 2 is 2.40 bits per heavy atom. The van der Waals surface area contributed by atoms with E-state index in [1.807, 2.05) is 6.07 Å². The Hall–Kier alpha value is -1.53. The molecule has 5 nitrogen and oxygen atoms in total. The van der Waals surface area contributed by atoms with Crippen LogP contribution in [-0.4, -0.2) is 25.9 Å². The number of fused-ring (bicyclic) bond motifs is 1. The molecule has 1 N–H and O–H groups in total. The Balaban J connectivity index is 2.30. The number of carbonyl (C=O) groups is 1. The van der Waals surface area contributed by atoms with Crippen molar-refractivity contribution in [1.82, 2.24) is 5.32 Å². The van der Waals surface area contributed by atoms with E-state index in [1.165, 1.54) is 0 Å². The minimum absolute atomic E-state index is 0.182. The Kier molecular flexibility index (Phi) is 5.03. The topological polar surface area (TPSA) is 56.8 Å². The number of hydrogen-bond donors (Lipinski definition) is 1. The van der Waals surface area contributed by atoms with Crippen LogP contribution < -0.4 is 14.8 Å². The van der Waals surface area contributed by atoms with Crippen LogP contribution in [0, 0.1) is 0 Å². The van der Waals surface area contributed by atoms with E-state index in [-0.39, 0.29) is 12.8 Å². The lowest BCUT2D eigenvalue weighted by atomic mass is 10.1. The standard InChI is InChI=1S/C14H16BrNO4/c1-3-5-16-12(14(17)18-4-2)9-6-10(15)13-11(7-9)19-8-20-13/h3,6-7,12,16H,1,4-5,8H2,2H3. The monoisotopic (exact) mass is 341 g/mol. The highest BCUT2D eigenvalue weighted by Gasteiger charge is 2.26. The van der Waals surface area contributed by atoms with Gasteiger partial charge in [-0.1, -0.05) is 6.08 Å². The summed E-state index contributed by atoms with van der Waals surface area (Å²) in [6.07, 6.45) is 1.69. The second kappa shape index (κ2) is 6.76. The summed E-state index contributed by atoms with van der Waals surface area (Å²) in [5.41, 5.74) is 0.751. The van der Waals surface area contributed by atoms with Gasteiger partial charge in [-0.2, -0.15) is 0 Å². The first-order chi connectivity index (χ1) is 9.67. The van der Waals surface area contributed by atoms with Crippen LogP contribution in [0.4, 0.5) is 0 Å². The van der Waals surface area contributed by atoms with E-state index in [4.69, 9.17) is 14.2 Å². The summed E-state index contributed by atoms with van der Waals surface area (Å²) in [6, 6.07) is 3.04. The largest absolute Gasteiger partial charge is 0.465 e. The minimum Gasteiger partial charge on any atom is -0.465 e. The van der Waals surface area contributed by atoms with Crippen LogP contribution in [0.25, 0.3) is 0 Å². The number of esters is 1. The first kappa shape index (κ1) is 14.9. The normalized spacial score (nSPS) is 13.9. The van der Waals surface area contributed by atoms with Crippen molar-refractivity contribution in [3.8, 4) is 11.5 Å². The van der Waals surface area contributed by atoms with Crippen molar-refractivity contribution in [1.29, 1.82) is 0 Å². The summed E-state index contributed by atoms with van der Waals surface area (Å²) >= 11 is 3.42. The van der Waals surface area contributed by atoms with E-state index < -0.39 is 6.04 Å². The van der Waals surface area contributed by atoms with Crippen molar-refractivity contribution in [3.05, 3.63) is 34.8 Å². The highest BCUT2D eigenvalue weighted by molar-refractivity contribution is 9.10. The molecule has 0 spiro atoms. The fraction of sp³-hybridized carbons (Fsp3) is 0.357. The van der Waals surface area contributed by atoms with Gasteiger partial charge in [0, 0.05) is 6.54 Å². The molecule has 108 valence electrons. The average Bonchev–Trinajstić information content (AvgIpc) is 2.88. The van der Waals surface area contributed by atoms with Crippen molar-refractivity contribution in [2.24, 2.45) is 0 Å². The number of benzene rings is 1. The minimum atomic E-state index is -0.571. The maximum Gasteiger partial charge on any atom is 0.327 e. The van der Waals surface area contributed by atoms with Crippen LogP contribution in [0.5, 0.6) is 11.5 Å². The molecule has 1 unspecified atom stereocenters. The van der Waals surface area contributed by atoms with Gasteiger partial charge in [-0.05, 0) is 40.5 Å². The zero-order valence-electron chi connectivity index (χ0n) is 11.1. The molecule has 1 aliphatic heterocycles. The number of halogens is 1. The molecular weight excluding hydrogens is 326 g/mol. The Morgan fingerprint density at radius 3 is 3.10 bits per heavy atom. The Labute approximate surface area is 126 Å². The first-order valence-corrected chi connectivity index (χ1v) is 7.06. The lowest BCUT2D eigenvalue weighted by Crippen LogP contribution is -2.30. The molecule has 20 heavy (non-hydrogen) atoms. The van der Waals surface area contributed by atoms with E-state index in [0.717, 1.165) is 10.0 Å². The van der Waals surface area contributed by atoms with E-state index in [2.05, 4.69) is 27.8 Å². The Morgan fingerprint density at radius 1 is 1.60 bits per heavy atom. The molecule has 0 aromatic heterocycles. The number of hydrogen-bond acceptors (Lipinski definition) is 5. The molecule has 0 radical (unpaired) electrons. The highest BCUT2D eigenvalue weighted by Crippen LogP contribution is 2.41. The van der Waals surface area contributed by atoms with Crippen molar-refractivity contribution >= 4 is 21.9 Å². The lowest BCUT2D eigenvalue weighted by molar-refractivity contribution is -0.145. The van der Waals surface area contributed by atoms with E-state index in [9.17, 15) is 4.79 Å². The van der Waals surface area contributed by atoms with Crippen LogP contribution >= 0.6 is 15.9 Å².